The number of nitrogens with zero attached hydrogens (tertiary/aromatic N) is 3. The van der Waals surface area contributed by atoms with Crippen LogP contribution in [0.25, 0.3) is 0 Å². The van der Waals surface area contributed by atoms with Gasteiger partial charge in [-0.25, -0.2) is 0 Å². The summed E-state index contributed by atoms with van der Waals surface area (Å²) in [4.78, 5) is 23.1. The van der Waals surface area contributed by atoms with Crippen LogP contribution >= 0.6 is 0 Å². The van der Waals surface area contributed by atoms with Gasteiger partial charge in [-0.1, -0.05) is 0 Å². The average molecular weight is 225 g/mol. The van der Waals surface area contributed by atoms with Crippen molar-refractivity contribution in [2.45, 2.75) is 19.3 Å². The van der Waals surface area contributed by atoms with E-state index >= 15 is 0 Å². The topological polar surface area (TPSA) is 89.5 Å². The predicted molar refractivity (Wildman–Crippen MR) is 52.9 cm³/mol. The first kappa shape index (κ1) is 10.6. The van der Waals surface area contributed by atoms with Gasteiger partial charge in [-0.2, -0.15) is 0 Å². The van der Waals surface area contributed by atoms with Crippen molar-refractivity contribution in [1.29, 1.82) is 0 Å². The Kier molecular flexibility index (Phi) is 2.84. The Bertz CT molecular complexity index is 409. The molecule has 1 aliphatic rings. The number of piperidine rings is 1. The Morgan fingerprint density at radius 1 is 1.44 bits per heavy atom. The van der Waals surface area contributed by atoms with E-state index in [1.165, 1.54) is 0 Å². The molecule has 0 N–H and O–H groups in total. The van der Waals surface area contributed by atoms with Gasteiger partial charge in [0.1, 0.15) is 0 Å². The molecule has 1 fully saturated rings. The molecule has 16 heavy (non-hydrogen) atoms. The number of carbonyl (C=O) groups is 1. The maximum Gasteiger partial charge on any atom is 0.414 e. The molecule has 1 amide bonds. The first-order chi connectivity index (χ1) is 7.68. The highest BCUT2D eigenvalue weighted by molar-refractivity contribution is 5.91. The molecule has 2 heterocycles. The van der Waals surface area contributed by atoms with E-state index in [-0.39, 0.29) is 11.7 Å². The average Bonchev–Trinajstić information content (AvgIpc) is 2.78. The van der Waals surface area contributed by atoms with Crippen LogP contribution in [0.5, 0.6) is 0 Å². The zero-order valence-electron chi connectivity index (χ0n) is 8.59. The molecule has 1 aliphatic heterocycles. The van der Waals surface area contributed by atoms with Crippen molar-refractivity contribution >= 4 is 11.7 Å². The van der Waals surface area contributed by atoms with Crippen LogP contribution in [0, 0.1) is 10.1 Å². The summed E-state index contributed by atoms with van der Waals surface area (Å²) in [5.74, 6) is -0.811. The molecule has 0 unspecified atom stereocenters. The number of carbonyl (C=O) groups excluding carboxylic acids is 1. The van der Waals surface area contributed by atoms with Crippen molar-refractivity contribution in [2.75, 3.05) is 13.1 Å². The molecule has 0 aliphatic carbocycles. The van der Waals surface area contributed by atoms with E-state index in [0.29, 0.717) is 13.1 Å². The van der Waals surface area contributed by atoms with Crippen LogP contribution in [0.4, 0.5) is 5.82 Å². The molecule has 1 aromatic heterocycles. The van der Waals surface area contributed by atoms with Crippen LogP contribution in [0.3, 0.4) is 0 Å². The number of hydrogen-bond donors (Lipinski definition) is 0. The summed E-state index contributed by atoms with van der Waals surface area (Å²) < 4.78 is 4.66. The molecule has 86 valence electrons. The fourth-order valence-corrected chi connectivity index (χ4v) is 1.71. The van der Waals surface area contributed by atoms with E-state index in [0.717, 1.165) is 25.3 Å². The molecular formula is C9H11N3O4. The quantitative estimate of drug-likeness (QED) is 0.557. The van der Waals surface area contributed by atoms with Gasteiger partial charge in [0.25, 0.3) is 11.7 Å². The Morgan fingerprint density at radius 3 is 2.69 bits per heavy atom. The number of rotatable bonds is 2. The zero-order chi connectivity index (χ0) is 11.5. The fraction of sp³-hybridized carbons (Fsp3) is 0.556. The van der Waals surface area contributed by atoms with Gasteiger partial charge < -0.3 is 15.0 Å². The minimum atomic E-state index is -0.684. The lowest BCUT2D eigenvalue weighted by Gasteiger charge is -2.25. The Labute approximate surface area is 91.2 Å². The van der Waals surface area contributed by atoms with E-state index in [1.54, 1.807) is 4.90 Å². The van der Waals surface area contributed by atoms with Gasteiger partial charge in [0.15, 0.2) is 5.16 Å². The van der Waals surface area contributed by atoms with Crippen molar-refractivity contribution in [3.05, 3.63) is 21.9 Å². The molecule has 0 bridgehead atoms. The van der Waals surface area contributed by atoms with Gasteiger partial charge in [0, 0.05) is 13.1 Å². The van der Waals surface area contributed by atoms with Crippen molar-refractivity contribution in [3.63, 3.8) is 0 Å². The Hall–Kier alpha value is -1.92. The minimum absolute atomic E-state index is 0.0615. The summed E-state index contributed by atoms with van der Waals surface area (Å²) in [5, 5.41) is 13.6. The predicted octanol–water partition coefficient (Wildman–Crippen LogP) is 1.21. The lowest BCUT2D eigenvalue weighted by atomic mass is 10.1. The third kappa shape index (κ3) is 2.02. The fourth-order valence-electron chi connectivity index (χ4n) is 1.71. The third-order valence-corrected chi connectivity index (χ3v) is 2.54. The van der Waals surface area contributed by atoms with Crippen molar-refractivity contribution in [3.8, 4) is 0 Å². The monoisotopic (exact) mass is 225 g/mol. The summed E-state index contributed by atoms with van der Waals surface area (Å²) >= 11 is 0. The van der Waals surface area contributed by atoms with E-state index in [1.807, 2.05) is 0 Å². The summed E-state index contributed by atoms with van der Waals surface area (Å²) in [6.45, 7) is 1.35. The van der Waals surface area contributed by atoms with E-state index in [2.05, 4.69) is 9.68 Å². The Morgan fingerprint density at radius 2 is 2.12 bits per heavy atom. The van der Waals surface area contributed by atoms with Crippen LogP contribution in [-0.4, -0.2) is 34.0 Å². The summed E-state index contributed by atoms with van der Waals surface area (Å²) in [6.07, 6.45) is 3.03. The van der Waals surface area contributed by atoms with Crippen molar-refractivity contribution in [1.82, 2.24) is 10.1 Å². The standard InChI is InChI=1S/C9H11N3O4/c13-9(11-4-2-1-3-5-11)7-6-8(10-16-7)12(14)15/h6H,1-5H2. The molecule has 0 atom stereocenters. The van der Waals surface area contributed by atoms with Crippen LogP contribution in [0.2, 0.25) is 0 Å². The number of nitro groups is 1. The molecule has 0 saturated carbocycles. The van der Waals surface area contributed by atoms with E-state index in [4.69, 9.17) is 0 Å². The Balaban J connectivity index is 2.10. The van der Waals surface area contributed by atoms with Gasteiger partial charge in [0.2, 0.25) is 0 Å². The maximum atomic E-state index is 11.8. The highest BCUT2D eigenvalue weighted by Gasteiger charge is 2.26. The molecule has 0 aromatic carbocycles. The van der Waals surface area contributed by atoms with Crippen LogP contribution in [-0.2, 0) is 0 Å². The SMILES string of the molecule is O=C(c1cc([N+](=O)[O-])no1)N1CCCCC1. The number of amides is 1. The highest BCUT2D eigenvalue weighted by atomic mass is 16.6. The second-order valence-corrected chi connectivity index (χ2v) is 3.66. The summed E-state index contributed by atoms with van der Waals surface area (Å²) in [7, 11) is 0. The molecule has 0 spiro atoms. The van der Waals surface area contributed by atoms with Gasteiger partial charge >= 0.3 is 5.82 Å². The highest BCUT2D eigenvalue weighted by Crippen LogP contribution is 2.16. The van der Waals surface area contributed by atoms with Crippen molar-refractivity contribution < 1.29 is 14.2 Å². The first-order valence-electron chi connectivity index (χ1n) is 5.09. The zero-order valence-corrected chi connectivity index (χ0v) is 8.59. The van der Waals surface area contributed by atoms with Crippen LogP contribution < -0.4 is 0 Å². The second kappa shape index (κ2) is 4.30. The van der Waals surface area contributed by atoms with E-state index in [9.17, 15) is 14.9 Å². The molecule has 1 aromatic rings. The first-order valence-corrected chi connectivity index (χ1v) is 5.09. The van der Waals surface area contributed by atoms with E-state index < -0.39 is 10.7 Å². The van der Waals surface area contributed by atoms with Gasteiger partial charge in [0.05, 0.1) is 6.07 Å². The largest absolute Gasteiger partial charge is 0.414 e. The molecule has 7 nitrogen and oxygen atoms in total. The maximum absolute atomic E-state index is 11.8. The molecule has 2 rings (SSSR count). The number of likely N-dealkylation sites (tertiary alicyclic amines) is 1. The third-order valence-electron chi connectivity index (χ3n) is 2.54. The normalized spacial score (nSPS) is 16.1. The van der Waals surface area contributed by atoms with Gasteiger partial charge in [-0.3, -0.25) is 9.32 Å². The molecule has 7 heteroatoms. The smallest absolute Gasteiger partial charge is 0.358 e. The van der Waals surface area contributed by atoms with Gasteiger partial charge in [-0.15, -0.1) is 0 Å². The van der Waals surface area contributed by atoms with Crippen molar-refractivity contribution in [2.24, 2.45) is 0 Å². The lowest BCUT2D eigenvalue weighted by molar-refractivity contribution is -0.390. The summed E-state index contributed by atoms with van der Waals surface area (Å²) in [6, 6.07) is 1.07. The molecular weight excluding hydrogens is 214 g/mol. The number of aromatic nitrogens is 1. The number of hydrogen-bond acceptors (Lipinski definition) is 5. The lowest BCUT2D eigenvalue weighted by Crippen LogP contribution is -2.35. The van der Waals surface area contributed by atoms with Crippen LogP contribution in [0.15, 0.2) is 10.6 Å². The molecule has 0 radical (unpaired) electrons. The second-order valence-electron chi connectivity index (χ2n) is 3.66. The summed E-state index contributed by atoms with van der Waals surface area (Å²) in [5.41, 5.74) is 0. The molecule has 1 saturated heterocycles. The van der Waals surface area contributed by atoms with Gasteiger partial charge in [-0.05, 0) is 24.2 Å². The minimum Gasteiger partial charge on any atom is -0.358 e. The van der Waals surface area contributed by atoms with Crippen LogP contribution in [0.1, 0.15) is 29.8 Å².